The molecule has 0 aromatic rings. The minimum atomic E-state index is -0.422. The fourth-order valence-corrected chi connectivity index (χ4v) is 2.36. The van der Waals surface area contributed by atoms with Crippen LogP contribution in [0.15, 0.2) is 0 Å². The van der Waals surface area contributed by atoms with Crippen LogP contribution >= 0.6 is 0 Å². The molecule has 1 aliphatic heterocycles. The van der Waals surface area contributed by atoms with E-state index in [1.165, 1.54) is 12.8 Å². The highest BCUT2D eigenvalue weighted by atomic mass is 16.5. The maximum atomic E-state index is 11.6. The maximum Gasteiger partial charge on any atom is 0.313 e. The second kappa shape index (κ2) is 7.48. The van der Waals surface area contributed by atoms with E-state index < -0.39 is 5.97 Å². The van der Waals surface area contributed by atoms with Crippen LogP contribution in [0.25, 0.3) is 0 Å². The Kier molecular flexibility index (Phi) is 6.29. The van der Waals surface area contributed by atoms with E-state index in [1.54, 1.807) is 6.92 Å². The zero-order valence-corrected chi connectivity index (χ0v) is 11.6. The molecule has 1 heterocycles. The molecule has 1 unspecified atom stereocenters. The standard InChI is InChI=1S/C13H24N2O3/c1-4-18-13(17)8-12(16)10-14(2)9-11-6-5-7-15(11)3/h11H,4-10H2,1-3H3. The van der Waals surface area contributed by atoms with Gasteiger partial charge in [-0.05, 0) is 40.4 Å². The van der Waals surface area contributed by atoms with Gasteiger partial charge in [0.25, 0.3) is 0 Å². The number of rotatable bonds is 7. The zero-order chi connectivity index (χ0) is 13.5. The van der Waals surface area contributed by atoms with E-state index in [2.05, 4.69) is 11.9 Å². The van der Waals surface area contributed by atoms with Gasteiger partial charge in [0.2, 0.25) is 0 Å². The molecule has 0 spiro atoms. The molecule has 0 saturated carbocycles. The van der Waals surface area contributed by atoms with Crippen LogP contribution in [0.4, 0.5) is 0 Å². The Balaban J connectivity index is 2.24. The summed E-state index contributed by atoms with van der Waals surface area (Å²) in [4.78, 5) is 27.1. The summed E-state index contributed by atoms with van der Waals surface area (Å²) in [5, 5.41) is 0. The number of likely N-dealkylation sites (tertiary alicyclic amines) is 1. The molecule has 1 rings (SSSR count). The Labute approximate surface area is 109 Å². The van der Waals surface area contributed by atoms with E-state index in [9.17, 15) is 9.59 Å². The third-order valence-electron chi connectivity index (χ3n) is 3.29. The smallest absolute Gasteiger partial charge is 0.313 e. The number of likely N-dealkylation sites (N-methyl/N-ethyl adjacent to an activating group) is 2. The Bertz CT molecular complexity index is 294. The van der Waals surface area contributed by atoms with Crippen LogP contribution in [0.1, 0.15) is 26.2 Å². The van der Waals surface area contributed by atoms with Crippen molar-refractivity contribution in [2.45, 2.75) is 32.2 Å². The molecule has 1 saturated heterocycles. The highest BCUT2D eigenvalue weighted by Crippen LogP contribution is 2.15. The second-order valence-corrected chi connectivity index (χ2v) is 4.99. The lowest BCUT2D eigenvalue weighted by Crippen LogP contribution is -2.39. The minimum absolute atomic E-state index is 0.0726. The van der Waals surface area contributed by atoms with Crippen molar-refractivity contribution in [2.24, 2.45) is 0 Å². The monoisotopic (exact) mass is 256 g/mol. The van der Waals surface area contributed by atoms with Gasteiger partial charge in [-0.15, -0.1) is 0 Å². The molecular formula is C13H24N2O3. The molecule has 0 N–H and O–H groups in total. The van der Waals surface area contributed by atoms with E-state index in [0.29, 0.717) is 19.2 Å². The van der Waals surface area contributed by atoms with Crippen LogP contribution in [0.5, 0.6) is 0 Å². The van der Waals surface area contributed by atoms with Crippen LogP contribution in [0.3, 0.4) is 0 Å². The molecule has 0 aliphatic carbocycles. The number of carbonyl (C=O) groups is 2. The normalized spacial score (nSPS) is 20.3. The first-order chi connectivity index (χ1) is 8.52. The van der Waals surface area contributed by atoms with E-state index in [-0.39, 0.29) is 12.2 Å². The molecule has 5 nitrogen and oxygen atoms in total. The summed E-state index contributed by atoms with van der Waals surface area (Å²) in [6, 6.07) is 0.533. The van der Waals surface area contributed by atoms with Gasteiger partial charge in [0.15, 0.2) is 5.78 Å². The number of nitrogens with zero attached hydrogens (tertiary/aromatic N) is 2. The number of ketones is 1. The van der Waals surface area contributed by atoms with Crippen LogP contribution in [0, 0.1) is 0 Å². The Morgan fingerprint density at radius 2 is 2.17 bits per heavy atom. The predicted octanol–water partition coefficient (Wildman–Crippen LogP) is 0.535. The largest absolute Gasteiger partial charge is 0.466 e. The number of ether oxygens (including phenoxy) is 1. The first-order valence-corrected chi connectivity index (χ1v) is 6.59. The van der Waals surface area contributed by atoms with Gasteiger partial charge in [0.05, 0.1) is 13.2 Å². The average molecular weight is 256 g/mol. The third kappa shape index (κ3) is 5.14. The fraction of sp³-hybridized carbons (Fsp3) is 0.846. The second-order valence-electron chi connectivity index (χ2n) is 4.99. The van der Waals surface area contributed by atoms with Crippen molar-refractivity contribution in [1.29, 1.82) is 0 Å². The van der Waals surface area contributed by atoms with E-state index >= 15 is 0 Å². The van der Waals surface area contributed by atoms with Crippen molar-refractivity contribution < 1.29 is 14.3 Å². The summed E-state index contributed by atoms with van der Waals surface area (Å²) in [6.07, 6.45) is 2.30. The molecule has 0 amide bonds. The van der Waals surface area contributed by atoms with Gasteiger partial charge in [0.1, 0.15) is 6.42 Å². The van der Waals surface area contributed by atoms with Gasteiger partial charge in [0, 0.05) is 12.6 Å². The summed E-state index contributed by atoms with van der Waals surface area (Å²) < 4.78 is 4.76. The summed E-state index contributed by atoms with van der Waals surface area (Å²) in [5.74, 6) is -0.495. The van der Waals surface area contributed by atoms with Crippen molar-refractivity contribution in [3.63, 3.8) is 0 Å². The molecule has 0 aromatic heterocycles. The highest BCUT2D eigenvalue weighted by molar-refractivity contribution is 5.96. The topological polar surface area (TPSA) is 49.9 Å². The Hall–Kier alpha value is -0.940. The summed E-state index contributed by atoms with van der Waals surface area (Å²) in [5.41, 5.74) is 0. The van der Waals surface area contributed by atoms with E-state index in [1.807, 2.05) is 11.9 Å². The maximum absolute atomic E-state index is 11.6. The lowest BCUT2D eigenvalue weighted by atomic mass is 10.2. The van der Waals surface area contributed by atoms with E-state index in [0.717, 1.165) is 13.1 Å². The van der Waals surface area contributed by atoms with Crippen molar-refractivity contribution in [1.82, 2.24) is 9.80 Å². The third-order valence-corrected chi connectivity index (χ3v) is 3.29. The van der Waals surface area contributed by atoms with Gasteiger partial charge in [-0.2, -0.15) is 0 Å². The first-order valence-electron chi connectivity index (χ1n) is 6.59. The summed E-state index contributed by atoms with van der Waals surface area (Å²) in [7, 11) is 4.04. The van der Waals surface area contributed by atoms with Gasteiger partial charge < -0.3 is 9.64 Å². The Morgan fingerprint density at radius 3 is 2.72 bits per heavy atom. The molecule has 1 aliphatic rings. The molecular weight excluding hydrogens is 232 g/mol. The predicted molar refractivity (Wildman–Crippen MR) is 69.4 cm³/mol. The lowest BCUT2D eigenvalue weighted by molar-refractivity contribution is -0.145. The molecule has 0 radical (unpaired) electrons. The Morgan fingerprint density at radius 1 is 1.44 bits per heavy atom. The van der Waals surface area contributed by atoms with Gasteiger partial charge in [-0.3, -0.25) is 14.5 Å². The summed E-state index contributed by atoms with van der Waals surface area (Å²) in [6.45, 7) is 4.41. The number of esters is 1. The highest BCUT2D eigenvalue weighted by Gasteiger charge is 2.23. The number of Topliss-reactive ketones (excluding diaryl/α,β-unsaturated/α-hetero) is 1. The van der Waals surface area contributed by atoms with Crippen molar-refractivity contribution >= 4 is 11.8 Å². The quantitative estimate of drug-likeness (QED) is 0.491. The lowest BCUT2D eigenvalue weighted by Gasteiger charge is -2.25. The molecule has 104 valence electrons. The summed E-state index contributed by atoms with van der Waals surface area (Å²) >= 11 is 0. The SMILES string of the molecule is CCOC(=O)CC(=O)CN(C)CC1CCCN1C. The van der Waals surface area contributed by atoms with Crippen molar-refractivity contribution in [3.05, 3.63) is 0 Å². The van der Waals surface area contributed by atoms with Gasteiger partial charge in [-0.25, -0.2) is 0 Å². The van der Waals surface area contributed by atoms with Crippen molar-refractivity contribution in [2.75, 3.05) is 40.3 Å². The minimum Gasteiger partial charge on any atom is -0.466 e. The molecule has 5 heteroatoms. The molecule has 0 bridgehead atoms. The molecule has 1 fully saturated rings. The van der Waals surface area contributed by atoms with Crippen molar-refractivity contribution in [3.8, 4) is 0 Å². The van der Waals surface area contributed by atoms with Gasteiger partial charge >= 0.3 is 5.97 Å². The van der Waals surface area contributed by atoms with Crippen LogP contribution < -0.4 is 0 Å². The average Bonchev–Trinajstić information content (AvgIpc) is 2.64. The van der Waals surface area contributed by atoms with Crippen LogP contribution in [-0.4, -0.2) is 67.9 Å². The fourth-order valence-electron chi connectivity index (χ4n) is 2.36. The molecule has 18 heavy (non-hydrogen) atoms. The number of carbonyl (C=O) groups excluding carboxylic acids is 2. The molecule has 0 aromatic carbocycles. The first kappa shape index (κ1) is 15.1. The zero-order valence-electron chi connectivity index (χ0n) is 11.6. The van der Waals surface area contributed by atoms with Crippen LogP contribution in [0.2, 0.25) is 0 Å². The number of hydrogen-bond donors (Lipinski definition) is 0. The van der Waals surface area contributed by atoms with Gasteiger partial charge in [-0.1, -0.05) is 0 Å². The number of hydrogen-bond acceptors (Lipinski definition) is 5. The van der Waals surface area contributed by atoms with Crippen LogP contribution in [-0.2, 0) is 14.3 Å². The van der Waals surface area contributed by atoms with E-state index in [4.69, 9.17) is 4.74 Å². The molecule has 1 atom stereocenters.